The Morgan fingerprint density at radius 1 is 1.16 bits per heavy atom. The van der Waals surface area contributed by atoms with Gasteiger partial charge in [0.1, 0.15) is 6.10 Å². The third-order valence-electron chi connectivity index (χ3n) is 5.84. The molecule has 1 saturated carbocycles. The highest BCUT2D eigenvalue weighted by molar-refractivity contribution is 5.85. The van der Waals surface area contributed by atoms with Crippen LogP contribution in [0, 0.1) is 5.92 Å². The highest BCUT2D eigenvalue weighted by atomic mass is 16.3. The number of aliphatic hydroxyl groups is 1. The second-order valence-corrected chi connectivity index (χ2v) is 7.46. The molecule has 2 heterocycles. The molecule has 3 fully saturated rings. The van der Waals surface area contributed by atoms with Gasteiger partial charge in [-0.3, -0.25) is 4.79 Å². The molecule has 4 rings (SSSR count). The minimum atomic E-state index is -1.00. The number of hydrogen-bond acceptors (Lipinski definition) is 3. The number of likely N-dealkylation sites (tertiary alicyclic amines) is 2. The molecule has 3 amide bonds. The number of carbonyl (C=O) groups is 2. The molecule has 3 aliphatic rings. The van der Waals surface area contributed by atoms with Crippen molar-refractivity contribution in [2.24, 2.45) is 5.92 Å². The summed E-state index contributed by atoms with van der Waals surface area (Å²) >= 11 is 0. The van der Waals surface area contributed by atoms with Gasteiger partial charge in [-0.25, -0.2) is 4.79 Å². The zero-order valence-electron chi connectivity index (χ0n) is 14.3. The third kappa shape index (κ3) is 3.11. The number of rotatable bonds is 3. The standard InChI is InChI=1S/C19H25N3O3/c23-17-15-11-21(19(25)20-14-8-4-5-9-14)12-16(15)22(18(17)24)10-13-6-2-1-3-7-13/h1-3,6-7,14-17,23H,4-5,8-12H2,(H,20,25)/t15-,16+,17-/m0/s1. The SMILES string of the molecule is O=C(NC1CCCC1)N1C[C@@H]2[C@H](O)C(=O)N(Cc3ccccc3)[C@@H]2C1. The van der Waals surface area contributed by atoms with E-state index < -0.39 is 6.10 Å². The maximum atomic E-state index is 12.5. The van der Waals surface area contributed by atoms with Gasteiger partial charge in [-0.15, -0.1) is 0 Å². The van der Waals surface area contributed by atoms with Crippen LogP contribution in [0.1, 0.15) is 31.2 Å². The first-order valence-electron chi connectivity index (χ1n) is 9.21. The van der Waals surface area contributed by atoms with Gasteiger partial charge in [-0.05, 0) is 18.4 Å². The number of benzene rings is 1. The number of aliphatic hydroxyl groups excluding tert-OH is 1. The molecule has 2 aliphatic heterocycles. The molecule has 1 aromatic rings. The molecule has 1 aromatic carbocycles. The summed E-state index contributed by atoms with van der Waals surface area (Å²) in [5.41, 5.74) is 1.04. The van der Waals surface area contributed by atoms with Crippen LogP contribution in [0.4, 0.5) is 4.79 Å². The molecule has 6 nitrogen and oxygen atoms in total. The van der Waals surface area contributed by atoms with Crippen molar-refractivity contribution in [1.82, 2.24) is 15.1 Å². The van der Waals surface area contributed by atoms with Crippen LogP contribution in [0.2, 0.25) is 0 Å². The molecule has 0 aromatic heterocycles. The lowest BCUT2D eigenvalue weighted by atomic mass is 10.0. The van der Waals surface area contributed by atoms with Gasteiger partial charge in [-0.2, -0.15) is 0 Å². The highest BCUT2D eigenvalue weighted by Gasteiger charge is 2.52. The van der Waals surface area contributed by atoms with Crippen molar-refractivity contribution in [1.29, 1.82) is 0 Å². The van der Waals surface area contributed by atoms with Crippen LogP contribution in [0.5, 0.6) is 0 Å². The van der Waals surface area contributed by atoms with Gasteiger partial charge >= 0.3 is 6.03 Å². The van der Waals surface area contributed by atoms with Crippen molar-refractivity contribution in [3.05, 3.63) is 35.9 Å². The first kappa shape index (κ1) is 16.4. The van der Waals surface area contributed by atoms with E-state index in [1.165, 1.54) is 12.8 Å². The zero-order chi connectivity index (χ0) is 17.4. The topological polar surface area (TPSA) is 72.9 Å². The van der Waals surface area contributed by atoms with E-state index in [1.807, 2.05) is 30.3 Å². The van der Waals surface area contributed by atoms with Crippen LogP contribution in [0.15, 0.2) is 30.3 Å². The van der Waals surface area contributed by atoms with Crippen LogP contribution < -0.4 is 5.32 Å². The fourth-order valence-electron chi connectivity index (χ4n) is 4.45. The summed E-state index contributed by atoms with van der Waals surface area (Å²) in [6, 6.07) is 9.91. The number of carbonyl (C=O) groups excluding carboxylic acids is 2. The number of fused-ring (bicyclic) bond motifs is 1. The maximum absolute atomic E-state index is 12.5. The lowest BCUT2D eigenvalue weighted by Gasteiger charge is -2.26. The van der Waals surface area contributed by atoms with Gasteiger partial charge in [-0.1, -0.05) is 43.2 Å². The predicted molar refractivity (Wildman–Crippen MR) is 92.6 cm³/mol. The molecular formula is C19H25N3O3. The van der Waals surface area contributed by atoms with E-state index in [0.29, 0.717) is 19.6 Å². The van der Waals surface area contributed by atoms with Gasteiger partial charge in [0.05, 0.1) is 6.04 Å². The van der Waals surface area contributed by atoms with Gasteiger partial charge in [0.2, 0.25) is 0 Å². The van der Waals surface area contributed by atoms with Gasteiger partial charge in [0.25, 0.3) is 5.91 Å². The fraction of sp³-hybridized carbons (Fsp3) is 0.579. The van der Waals surface area contributed by atoms with Gasteiger partial charge in [0, 0.05) is 31.6 Å². The summed E-state index contributed by atoms with van der Waals surface area (Å²) in [6.07, 6.45) is 3.45. The summed E-state index contributed by atoms with van der Waals surface area (Å²) in [5.74, 6) is -0.403. The minimum absolute atomic E-state index is 0.0550. The van der Waals surface area contributed by atoms with Gasteiger partial charge in [0.15, 0.2) is 0 Å². The molecule has 0 bridgehead atoms. The molecule has 2 N–H and O–H groups in total. The van der Waals surface area contributed by atoms with E-state index in [9.17, 15) is 14.7 Å². The molecule has 1 aliphatic carbocycles. The Labute approximate surface area is 147 Å². The Bertz CT molecular complexity index is 645. The van der Waals surface area contributed by atoms with Crippen molar-refractivity contribution in [2.45, 2.75) is 50.4 Å². The Kier molecular flexibility index (Phi) is 4.37. The second kappa shape index (κ2) is 6.67. The molecule has 0 spiro atoms. The van der Waals surface area contributed by atoms with Crippen molar-refractivity contribution in [3.8, 4) is 0 Å². The predicted octanol–water partition coefficient (Wildman–Crippen LogP) is 1.34. The normalized spacial score (nSPS) is 29.3. The van der Waals surface area contributed by atoms with Crippen molar-refractivity contribution in [2.75, 3.05) is 13.1 Å². The van der Waals surface area contributed by atoms with Crippen LogP contribution >= 0.6 is 0 Å². The van der Waals surface area contributed by atoms with Crippen LogP contribution in [0.25, 0.3) is 0 Å². The molecule has 0 radical (unpaired) electrons. The van der Waals surface area contributed by atoms with E-state index in [4.69, 9.17) is 0 Å². The lowest BCUT2D eigenvalue weighted by molar-refractivity contribution is -0.136. The largest absolute Gasteiger partial charge is 0.383 e. The Morgan fingerprint density at radius 2 is 1.88 bits per heavy atom. The number of nitrogens with zero attached hydrogens (tertiary/aromatic N) is 2. The average Bonchev–Trinajstić information content (AvgIpc) is 3.32. The average molecular weight is 343 g/mol. The maximum Gasteiger partial charge on any atom is 0.317 e. The van der Waals surface area contributed by atoms with E-state index >= 15 is 0 Å². The number of nitrogens with one attached hydrogen (secondary N) is 1. The summed E-state index contributed by atoms with van der Waals surface area (Å²) in [5, 5.41) is 13.5. The summed E-state index contributed by atoms with van der Waals surface area (Å²) in [7, 11) is 0. The van der Waals surface area contributed by atoms with Gasteiger partial charge < -0.3 is 20.2 Å². The van der Waals surface area contributed by atoms with E-state index in [0.717, 1.165) is 18.4 Å². The van der Waals surface area contributed by atoms with E-state index in [1.54, 1.807) is 9.80 Å². The number of urea groups is 1. The summed E-state index contributed by atoms with van der Waals surface area (Å²) < 4.78 is 0. The first-order chi connectivity index (χ1) is 12.1. The molecule has 134 valence electrons. The zero-order valence-corrected chi connectivity index (χ0v) is 14.3. The Balaban J connectivity index is 1.43. The molecule has 25 heavy (non-hydrogen) atoms. The Morgan fingerprint density at radius 3 is 2.60 bits per heavy atom. The van der Waals surface area contributed by atoms with E-state index in [-0.39, 0.29) is 29.9 Å². The Hall–Kier alpha value is -2.08. The molecule has 6 heteroatoms. The molecule has 0 unspecified atom stereocenters. The smallest absolute Gasteiger partial charge is 0.317 e. The first-order valence-corrected chi connectivity index (χ1v) is 9.21. The highest BCUT2D eigenvalue weighted by Crippen LogP contribution is 2.34. The van der Waals surface area contributed by atoms with Crippen LogP contribution in [-0.2, 0) is 11.3 Å². The van der Waals surface area contributed by atoms with Crippen molar-refractivity contribution >= 4 is 11.9 Å². The van der Waals surface area contributed by atoms with Crippen molar-refractivity contribution in [3.63, 3.8) is 0 Å². The summed E-state index contributed by atoms with van der Waals surface area (Å²) in [6.45, 7) is 1.43. The fourth-order valence-corrected chi connectivity index (χ4v) is 4.45. The number of amides is 3. The van der Waals surface area contributed by atoms with E-state index in [2.05, 4.69) is 5.32 Å². The number of hydrogen-bond donors (Lipinski definition) is 2. The van der Waals surface area contributed by atoms with Crippen LogP contribution in [0.3, 0.4) is 0 Å². The summed E-state index contributed by atoms with van der Waals surface area (Å²) in [4.78, 5) is 28.5. The monoisotopic (exact) mass is 343 g/mol. The molecule has 2 saturated heterocycles. The quantitative estimate of drug-likeness (QED) is 0.870. The molecular weight excluding hydrogens is 318 g/mol. The second-order valence-electron chi connectivity index (χ2n) is 7.46. The third-order valence-corrected chi connectivity index (χ3v) is 5.84. The molecule has 3 atom stereocenters. The minimum Gasteiger partial charge on any atom is -0.383 e. The lowest BCUT2D eigenvalue weighted by Crippen LogP contribution is -2.46. The van der Waals surface area contributed by atoms with Crippen LogP contribution in [-0.4, -0.2) is 58.1 Å². The van der Waals surface area contributed by atoms with Crippen molar-refractivity contribution < 1.29 is 14.7 Å².